The van der Waals surface area contributed by atoms with Crippen molar-refractivity contribution in [3.05, 3.63) is 18.1 Å². The molecule has 1 N–H and O–H groups in total. The van der Waals surface area contributed by atoms with Gasteiger partial charge in [0.25, 0.3) is 0 Å². The fourth-order valence-corrected chi connectivity index (χ4v) is 3.12. The van der Waals surface area contributed by atoms with Gasteiger partial charge in [-0.15, -0.1) is 0 Å². The molecule has 2 aliphatic rings. The summed E-state index contributed by atoms with van der Waals surface area (Å²) >= 11 is 0. The number of aromatic nitrogens is 2. The van der Waals surface area contributed by atoms with Gasteiger partial charge in [0, 0.05) is 50.5 Å². The number of nitrogens with zero attached hydrogens (tertiary/aromatic N) is 4. The highest BCUT2D eigenvalue weighted by molar-refractivity contribution is 5.40. The Morgan fingerprint density at radius 3 is 2.65 bits per heavy atom. The summed E-state index contributed by atoms with van der Waals surface area (Å²) in [6.07, 6.45) is 3.00. The minimum absolute atomic E-state index is 0.461. The molecule has 5 nitrogen and oxygen atoms in total. The standard InChI is InChI=1S/C15H25N5/c1-12(2)14-9-15(18-11-17-14)20-7-5-19(6-8-20)13-3-4-16-10-13/h9,11-13,16H,3-8,10H2,1-2H3. The van der Waals surface area contributed by atoms with Crippen LogP contribution >= 0.6 is 0 Å². The van der Waals surface area contributed by atoms with Gasteiger partial charge in [-0.2, -0.15) is 0 Å². The molecule has 2 fully saturated rings. The lowest BCUT2D eigenvalue weighted by atomic mass is 10.1. The fourth-order valence-electron chi connectivity index (χ4n) is 3.12. The first-order valence-corrected chi connectivity index (χ1v) is 7.75. The summed E-state index contributed by atoms with van der Waals surface area (Å²) in [5.74, 6) is 1.55. The monoisotopic (exact) mass is 275 g/mol. The Kier molecular flexibility index (Phi) is 4.17. The third-order valence-electron chi connectivity index (χ3n) is 4.45. The number of rotatable bonds is 3. The summed E-state index contributed by atoms with van der Waals surface area (Å²) < 4.78 is 0. The Balaban J connectivity index is 1.61. The number of anilines is 1. The molecule has 0 saturated carbocycles. The van der Waals surface area contributed by atoms with Crippen molar-refractivity contribution in [2.45, 2.75) is 32.2 Å². The van der Waals surface area contributed by atoms with Gasteiger partial charge in [0.15, 0.2) is 0 Å². The van der Waals surface area contributed by atoms with Crippen LogP contribution in [0.2, 0.25) is 0 Å². The minimum Gasteiger partial charge on any atom is -0.354 e. The SMILES string of the molecule is CC(C)c1cc(N2CCN(C3CCNC3)CC2)ncn1. The van der Waals surface area contributed by atoms with Crippen LogP contribution in [-0.4, -0.2) is 60.2 Å². The maximum absolute atomic E-state index is 4.45. The number of hydrogen-bond donors (Lipinski definition) is 1. The van der Waals surface area contributed by atoms with Crippen molar-refractivity contribution in [1.29, 1.82) is 0 Å². The average molecular weight is 275 g/mol. The highest BCUT2D eigenvalue weighted by atomic mass is 15.3. The normalized spacial score (nSPS) is 24.6. The van der Waals surface area contributed by atoms with Gasteiger partial charge in [-0.05, 0) is 18.9 Å². The number of hydrogen-bond acceptors (Lipinski definition) is 5. The molecule has 0 aromatic carbocycles. The molecular weight excluding hydrogens is 250 g/mol. The summed E-state index contributed by atoms with van der Waals surface area (Å²) in [6.45, 7) is 11.1. The second-order valence-corrected chi connectivity index (χ2v) is 6.13. The van der Waals surface area contributed by atoms with Crippen LogP contribution in [0.15, 0.2) is 12.4 Å². The van der Waals surface area contributed by atoms with Gasteiger partial charge in [0.2, 0.25) is 0 Å². The van der Waals surface area contributed by atoms with Gasteiger partial charge in [-0.1, -0.05) is 13.8 Å². The van der Waals surface area contributed by atoms with Gasteiger partial charge in [-0.25, -0.2) is 9.97 Å². The highest BCUT2D eigenvalue weighted by Crippen LogP contribution is 2.19. The maximum atomic E-state index is 4.45. The van der Waals surface area contributed by atoms with Crippen LogP contribution in [0.5, 0.6) is 0 Å². The molecule has 3 heterocycles. The van der Waals surface area contributed by atoms with E-state index in [2.05, 4.69) is 45.0 Å². The predicted molar refractivity (Wildman–Crippen MR) is 81.2 cm³/mol. The van der Waals surface area contributed by atoms with Gasteiger partial charge in [-0.3, -0.25) is 4.90 Å². The molecule has 3 rings (SSSR count). The first-order chi connectivity index (χ1) is 9.74. The van der Waals surface area contributed by atoms with Gasteiger partial charge < -0.3 is 10.2 Å². The van der Waals surface area contributed by atoms with E-state index in [1.165, 1.54) is 13.0 Å². The molecule has 0 radical (unpaired) electrons. The van der Waals surface area contributed by atoms with Crippen LogP contribution in [0.4, 0.5) is 5.82 Å². The Morgan fingerprint density at radius 1 is 1.20 bits per heavy atom. The number of piperazine rings is 1. The molecule has 110 valence electrons. The minimum atomic E-state index is 0.461. The quantitative estimate of drug-likeness (QED) is 0.894. The van der Waals surface area contributed by atoms with Crippen LogP contribution in [0.1, 0.15) is 31.9 Å². The molecule has 0 bridgehead atoms. The first kappa shape index (κ1) is 13.8. The van der Waals surface area contributed by atoms with E-state index in [0.717, 1.165) is 50.3 Å². The van der Waals surface area contributed by atoms with E-state index in [9.17, 15) is 0 Å². The summed E-state index contributed by atoms with van der Waals surface area (Å²) in [5.41, 5.74) is 1.14. The molecule has 2 saturated heterocycles. The lowest BCUT2D eigenvalue weighted by Crippen LogP contribution is -2.51. The third kappa shape index (κ3) is 2.94. The molecule has 1 atom stereocenters. The topological polar surface area (TPSA) is 44.3 Å². The van der Waals surface area contributed by atoms with E-state index in [0.29, 0.717) is 5.92 Å². The maximum Gasteiger partial charge on any atom is 0.132 e. The van der Waals surface area contributed by atoms with E-state index in [1.54, 1.807) is 6.33 Å². The van der Waals surface area contributed by atoms with Crippen LogP contribution in [0.3, 0.4) is 0 Å². The van der Waals surface area contributed by atoms with E-state index in [4.69, 9.17) is 0 Å². The van der Waals surface area contributed by atoms with Crippen molar-refractivity contribution < 1.29 is 0 Å². The largest absolute Gasteiger partial charge is 0.354 e. The van der Waals surface area contributed by atoms with Gasteiger partial charge >= 0.3 is 0 Å². The molecule has 5 heteroatoms. The zero-order valence-corrected chi connectivity index (χ0v) is 12.5. The molecule has 2 aliphatic heterocycles. The van der Waals surface area contributed by atoms with E-state index < -0.39 is 0 Å². The summed E-state index contributed by atoms with van der Waals surface area (Å²) in [6, 6.07) is 2.89. The predicted octanol–water partition coefficient (Wildman–Crippen LogP) is 1.08. The average Bonchev–Trinajstić information content (AvgIpc) is 3.02. The molecular formula is C15H25N5. The lowest BCUT2D eigenvalue weighted by Gasteiger charge is -2.38. The van der Waals surface area contributed by atoms with E-state index >= 15 is 0 Å². The van der Waals surface area contributed by atoms with Gasteiger partial charge in [0.1, 0.15) is 12.1 Å². The van der Waals surface area contributed by atoms with Crippen molar-refractivity contribution in [1.82, 2.24) is 20.2 Å². The molecule has 0 spiro atoms. The Bertz CT molecular complexity index is 434. The van der Waals surface area contributed by atoms with Crippen molar-refractivity contribution in [2.24, 2.45) is 0 Å². The summed E-state index contributed by atoms with van der Waals surface area (Å²) in [5, 5.41) is 3.46. The third-order valence-corrected chi connectivity index (χ3v) is 4.45. The zero-order valence-electron chi connectivity index (χ0n) is 12.5. The molecule has 1 aromatic heterocycles. The Hall–Kier alpha value is -1.20. The van der Waals surface area contributed by atoms with E-state index in [1.807, 2.05) is 0 Å². The summed E-state index contributed by atoms with van der Waals surface area (Å²) in [4.78, 5) is 13.8. The molecule has 1 aromatic rings. The van der Waals surface area contributed by atoms with Crippen molar-refractivity contribution in [3.8, 4) is 0 Å². The smallest absolute Gasteiger partial charge is 0.132 e. The molecule has 20 heavy (non-hydrogen) atoms. The van der Waals surface area contributed by atoms with E-state index in [-0.39, 0.29) is 0 Å². The summed E-state index contributed by atoms with van der Waals surface area (Å²) in [7, 11) is 0. The molecule has 0 amide bonds. The fraction of sp³-hybridized carbons (Fsp3) is 0.733. The molecule has 0 aliphatic carbocycles. The van der Waals surface area contributed by atoms with Crippen LogP contribution in [-0.2, 0) is 0 Å². The second kappa shape index (κ2) is 6.06. The van der Waals surface area contributed by atoms with Gasteiger partial charge in [0.05, 0.1) is 0 Å². The first-order valence-electron chi connectivity index (χ1n) is 7.75. The zero-order chi connectivity index (χ0) is 13.9. The lowest BCUT2D eigenvalue weighted by molar-refractivity contribution is 0.196. The van der Waals surface area contributed by atoms with Crippen molar-refractivity contribution in [3.63, 3.8) is 0 Å². The molecule has 1 unspecified atom stereocenters. The Labute approximate surface area is 121 Å². The highest BCUT2D eigenvalue weighted by Gasteiger charge is 2.26. The van der Waals surface area contributed by atoms with Crippen LogP contribution in [0.25, 0.3) is 0 Å². The second-order valence-electron chi connectivity index (χ2n) is 6.13. The van der Waals surface area contributed by atoms with Crippen molar-refractivity contribution >= 4 is 5.82 Å². The Morgan fingerprint density at radius 2 is 2.00 bits per heavy atom. The number of nitrogens with one attached hydrogen (secondary N) is 1. The van der Waals surface area contributed by atoms with Crippen molar-refractivity contribution in [2.75, 3.05) is 44.2 Å². The van der Waals surface area contributed by atoms with Crippen LogP contribution < -0.4 is 10.2 Å². The van der Waals surface area contributed by atoms with Crippen LogP contribution in [0, 0.1) is 0 Å².